The molecule has 0 bridgehead atoms. The number of imidazole rings is 1. The second kappa shape index (κ2) is 7.50. The van der Waals surface area contributed by atoms with Crippen molar-refractivity contribution in [3.8, 4) is 0 Å². The normalized spacial score (nSPS) is 27.0. The van der Waals surface area contributed by atoms with Crippen molar-refractivity contribution in [1.29, 1.82) is 0 Å². The van der Waals surface area contributed by atoms with Gasteiger partial charge in [0, 0.05) is 12.5 Å². The summed E-state index contributed by atoms with van der Waals surface area (Å²) in [5.41, 5.74) is 12.5. The van der Waals surface area contributed by atoms with Gasteiger partial charge in [-0.05, 0) is 19.3 Å². The van der Waals surface area contributed by atoms with E-state index in [1.54, 1.807) is 0 Å². The van der Waals surface area contributed by atoms with Gasteiger partial charge in [0.15, 0.2) is 17.7 Å². The number of hydrogen-bond donors (Lipinski definition) is 5. The summed E-state index contributed by atoms with van der Waals surface area (Å²) in [6.07, 6.45) is 0.0433. The Balaban J connectivity index is 1.69. The van der Waals surface area contributed by atoms with E-state index in [2.05, 4.69) is 15.0 Å². The van der Waals surface area contributed by atoms with Crippen molar-refractivity contribution in [3.05, 3.63) is 12.7 Å². The van der Waals surface area contributed by atoms with Gasteiger partial charge in [-0.25, -0.2) is 15.0 Å². The van der Waals surface area contributed by atoms with Crippen LogP contribution in [0, 0.1) is 0 Å². The molecule has 1 aliphatic rings. The maximum absolute atomic E-state index is 10.6. The van der Waals surface area contributed by atoms with Gasteiger partial charge in [0.05, 0.1) is 12.4 Å². The zero-order chi connectivity index (χ0) is 18.8. The van der Waals surface area contributed by atoms with E-state index in [0.717, 1.165) is 0 Å². The van der Waals surface area contributed by atoms with Crippen molar-refractivity contribution in [2.24, 2.45) is 5.73 Å². The van der Waals surface area contributed by atoms with Gasteiger partial charge in [-0.2, -0.15) is 0 Å². The molecule has 7 N–H and O–H groups in total. The first kappa shape index (κ1) is 18.5. The largest absolute Gasteiger partial charge is 0.481 e. The smallest absolute Gasteiger partial charge is 0.303 e. The van der Waals surface area contributed by atoms with Crippen LogP contribution < -0.4 is 11.5 Å². The Morgan fingerprint density at radius 3 is 2.81 bits per heavy atom. The van der Waals surface area contributed by atoms with E-state index < -0.39 is 30.5 Å². The van der Waals surface area contributed by atoms with E-state index in [4.69, 9.17) is 21.3 Å². The number of carboxylic acids is 1. The summed E-state index contributed by atoms with van der Waals surface area (Å²) in [6, 6.07) is -0.350. The van der Waals surface area contributed by atoms with Gasteiger partial charge < -0.3 is 31.5 Å². The monoisotopic (exact) mass is 366 g/mol. The summed E-state index contributed by atoms with van der Waals surface area (Å²) in [6.45, 7) is 0. The summed E-state index contributed by atoms with van der Waals surface area (Å²) in [7, 11) is 0. The van der Waals surface area contributed by atoms with Gasteiger partial charge in [-0.1, -0.05) is 0 Å². The predicted octanol–water partition coefficient (Wildman–Crippen LogP) is -1.000. The van der Waals surface area contributed by atoms with Crippen LogP contribution in [0.1, 0.15) is 31.9 Å². The zero-order valence-electron chi connectivity index (χ0n) is 14.0. The van der Waals surface area contributed by atoms with E-state index in [1.165, 1.54) is 17.2 Å². The standard InChI is InChI=1S/C15H22N6O5/c16-7(2-1-3-9(22)23)4-8-11(24)12(25)15(26-8)21-6-20-10-13(17)18-5-19-14(10)21/h5-8,11-12,15,24-25H,1-4,16H2,(H,22,23)(H2,17,18,19)/t7?,8-,11-,12-,15-/m1/s1. The summed E-state index contributed by atoms with van der Waals surface area (Å²) in [5, 5.41) is 29.3. The second-order valence-electron chi connectivity index (χ2n) is 6.41. The van der Waals surface area contributed by atoms with Crippen molar-refractivity contribution >= 4 is 23.0 Å². The molecule has 0 spiro atoms. The topological polar surface area (TPSA) is 183 Å². The van der Waals surface area contributed by atoms with E-state index in [-0.39, 0.29) is 24.7 Å². The van der Waals surface area contributed by atoms with Crippen LogP contribution in [-0.2, 0) is 9.53 Å². The Kier molecular flexibility index (Phi) is 5.32. The molecule has 1 fully saturated rings. The molecule has 2 aromatic rings. The quantitative estimate of drug-likeness (QED) is 0.407. The molecule has 1 aliphatic heterocycles. The highest BCUT2D eigenvalue weighted by atomic mass is 16.6. The molecular formula is C15H22N6O5. The summed E-state index contributed by atoms with van der Waals surface area (Å²) in [4.78, 5) is 22.6. The molecule has 1 saturated heterocycles. The number of nitrogens with two attached hydrogens (primary N) is 2. The lowest BCUT2D eigenvalue weighted by atomic mass is 10.00. The fourth-order valence-corrected chi connectivity index (χ4v) is 3.14. The third-order valence-electron chi connectivity index (χ3n) is 4.50. The fraction of sp³-hybridized carbons (Fsp3) is 0.600. The first-order chi connectivity index (χ1) is 12.4. The summed E-state index contributed by atoms with van der Waals surface area (Å²) >= 11 is 0. The number of aliphatic carboxylic acids is 1. The Labute approximate surface area is 148 Å². The number of rotatable bonds is 7. The maximum atomic E-state index is 10.6. The first-order valence-electron chi connectivity index (χ1n) is 8.30. The molecular weight excluding hydrogens is 344 g/mol. The van der Waals surface area contributed by atoms with Crippen molar-refractivity contribution < 1.29 is 24.9 Å². The van der Waals surface area contributed by atoms with Gasteiger partial charge in [0.1, 0.15) is 24.1 Å². The molecule has 0 aliphatic carbocycles. The van der Waals surface area contributed by atoms with Crippen LogP contribution in [0.4, 0.5) is 5.82 Å². The molecule has 11 nitrogen and oxygen atoms in total. The lowest BCUT2D eigenvalue weighted by Gasteiger charge is -2.19. The number of nitrogen functional groups attached to an aromatic ring is 1. The molecule has 0 amide bonds. The van der Waals surface area contributed by atoms with Crippen LogP contribution in [0.5, 0.6) is 0 Å². The average Bonchev–Trinajstić information content (AvgIpc) is 3.12. The number of carbonyl (C=O) groups is 1. The first-order valence-corrected chi connectivity index (χ1v) is 8.30. The van der Waals surface area contributed by atoms with Gasteiger partial charge in [0.2, 0.25) is 0 Å². The molecule has 2 aromatic heterocycles. The predicted molar refractivity (Wildman–Crippen MR) is 89.7 cm³/mol. The SMILES string of the molecule is Nc1ncnc2c1ncn2[C@@H]1O[C@H](CC(N)CCCC(=O)O)[C@@H](O)[C@H]1O. The molecule has 3 heterocycles. The number of aromatic nitrogens is 4. The van der Waals surface area contributed by atoms with Crippen LogP contribution in [0.25, 0.3) is 11.2 Å². The molecule has 3 rings (SSSR count). The van der Waals surface area contributed by atoms with Gasteiger partial charge in [-0.3, -0.25) is 9.36 Å². The molecule has 142 valence electrons. The summed E-state index contributed by atoms with van der Waals surface area (Å²) < 4.78 is 7.30. The number of carboxylic acid groups (broad SMARTS) is 1. The molecule has 0 radical (unpaired) electrons. The number of aliphatic hydroxyl groups excluding tert-OH is 2. The van der Waals surface area contributed by atoms with Crippen LogP contribution in [-0.4, -0.2) is 65.2 Å². The number of anilines is 1. The van der Waals surface area contributed by atoms with E-state index >= 15 is 0 Å². The second-order valence-corrected chi connectivity index (χ2v) is 6.41. The van der Waals surface area contributed by atoms with Crippen molar-refractivity contribution in [2.75, 3.05) is 5.73 Å². The van der Waals surface area contributed by atoms with E-state index in [0.29, 0.717) is 24.0 Å². The molecule has 5 atom stereocenters. The van der Waals surface area contributed by atoms with Crippen LogP contribution in [0.3, 0.4) is 0 Å². The van der Waals surface area contributed by atoms with Crippen LogP contribution in [0.2, 0.25) is 0 Å². The van der Waals surface area contributed by atoms with E-state index in [9.17, 15) is 15.0 Å². The Morgan fingerprint density at radius 1 is 1.31 bits per heavy atom. The van der Waals surface area contributed by atoms with Gasteiger partial charge in [-0.15, -0.1) is 0 Å². The fourth-order valence-electron chi connectivity index (χ4n) is 3.14. The number of nitrogens with zero attached hydrogens (tertiary/aromatic N) is 4. The third-order valence-corrected chi connectivity index (χ3v) is 4.50. The van der Waals surface area contributed by atoms with Crippen LogP contribution in [0.15, 0.2) is 12.7 Å². The molecule has 26 heavy (non-hydrogen) atoms. The lowest BCUT2D eigenvalue weighted by Crippen LogP contribution is -2.35. The highest BCUT2D eigenvalue weighted by molar-refractivity contribution is 5.81. The van der Waals surface area contributed by atoms with Gasteiger partial charge >= 0.3 is 5.97 Å². The number of hydrogen-bond acceptors (Lipinski definition) is 9. The molecule has 0 saturated carbocycles. The van der Waals surface area contributed by atoms with Crippen molar-refractivity contribution in [3.63, 3.8) is 0 Å². The van der Waals surface area contributed by atoms with Gasteiger partial charge in [0.25, 0.3) is 0 Å². The Hall–Kier alpha value is -2.34. The number of ether oxygens (including phenoxy) is 1. The number of fused-ring (bicyclic) bond motifs is 1. The minimum absolute atomic E-state index is 0.0369. The molecule has 0 aromatic carbocycles. The highest BCUT2D eigenvalue weighted by Crippen LogP contribution is 2.33. The highest BCUT2D eigenvalue weighted by Gasteiger charge is 2.44. The Bertz CT molecular complexity index is 783. The minimum Gasteiger partial charge on any atom is -0.481 e. The third kappa shape index (κ3) is 3.60. The Morgan fingerprint density at radius 2 is 2.08 bits per heavy atom. The van der Waals surface area contributed by atoms with Crippen LogP contribution >= 0.6 is 0 Å². The zero-order valence-corrected chi connectivity index (χ0v) is 14.0. The number of aliphatic hydroxyl groups is 2. The molecule has 1 unspecified atom stereocenters. The van der Waals surface area contributed by atoms with Crippen molar-refractivity contribution in [1.82, 2.24) is 19.5 Å². The lowest BCUT2D eigenvalue weighted by molar-refractivity contribution is -0.137. The van der Waals surface area contributed by atoms with E-state index in [1.807, 2.05) is 0 Å². The molecule has 11 heteroatoms. The summed E-state index contributed by atoms with van der Waals surface area (Å²) in [5.74, 6) is -0.670. The average molecular weight is 366 g/mol. The minimum atomic E-state index is -1.19. The maximum Gasteiger partial charge on any atom is 0.303 e. The van der Waals surface area contributed by atoms with Crippen molar-refractivity contribution in [2.45, 2.75) is 56.3 Å².